The average molecular weight is 382 g/mol. The number of nitrogens with two attached hydrogens (primary N) is 1. The second-order valence-corrected chi connectivity index (χ2v) is 7.56. The summed E-state index contributed by atoms with van der Waals surface area (Å²) in [6, 6.07) is 22.3. The standard InChI is InChI=1S/C24H22N4O/c25-19-10-8-17(9-11-19)23-26-22-12-13-28(15-21(22)24(29)27-23)14-18-6-3-5-16-4-1-2-7-20(16)18/h1-11H,12-15,25H2,(H,26,27,29). The maximum atomic E-state index is 12.8. The van der Waals surface area contributed by atoms with Gasteiger partial charge in [0.2, 0.25) is 0 Å². The number of aromatic nitrogens is 2. The molecule has 5 heteroatoms. The van der Waals surface area contributed by atoms with E-state index in [0.29, 0.717) is 18.1 Å². The van der Waals surface area contributed by atoms with Crippen molar-refractivity contribution in [1.29, 1.82) is 0 Å². The number of hydrogen-bond acceptors (Lipinski definition) is 4. The van der Waals surface area contributed by atoms with Gasteiger partial charge in [-0.15, -0.1) is 0 Å². The molecular weight excluding hydrogens is 360 g/mol. The van der Waals surface area contributed by atoms with Crippen LogP contribution in [0.4, 0.5) is 5.69 Å². The molecule has 1 aliphatic heterocycles. The van der Waals surface area contributed by atoms with Crippen LogP contribution in [0.25, 0.3) is 22.2 Å². The summed E-state index contributed by atoms with van der Waals surface area (Å²) in [5.74, 6) is 0.608. The van der Waals surface area contributed by atoms with E-state index in [1.54, 1.807) is 0 Å². The quantitative estimate of drug-likeness (QED) is 0.530. The molecule has 2 heterocycles. The van der Waals surface area contributed by atoms with Crippen LogP contribution in [0, 0.1) is 0 Å². The molecule has 3 N–H and O–H groups in total. The fourth-order valence-corrected chi connectivity index (χ4v) is 4.06. The van der Waals surface area contributed by atoms with Gasteiger partial charge in [-0.1, -0.05) is 42.5 Å². The number of benzene rings is 3. The minimum absolute atomic E-state index is 0.0514. The molecule has 0 radical (unpaired) electrons. The predicted octanol–water partition coefficient (Wildman–Crippen LogP) is 3.73. The van der Waals surface area contributed by atoms with Crippen LogP contribution in [0.3, 0.4) is 0 Å². The molecule has 0 unspecified atom stereocenters. The molecule has 0 saturated heterocycles. The van der Waals surface area contributed by atoms with E-state index in [0.717, 1.165) is 36.3 Å². The Hall–Kier alpha value is -3.44. The van der Waals surface area contributed by atoms with Crippen molar-refractivity contribution in [2.75, 3.05) is 12.3 Å². The summed E-state index contributed by atoms with van der Waals surface area (Å²) < 4.78 is 0. The second kappa shape index (κ2) is 7.18. The van der Waals surface area contributed by atoms with Crippen LogP contribution in [0.15, 0.2) is 71.5 Å². The first-order valence-corrected chi connectivity index (χ1v) is 9.84. The molecule has 0 saturated carbocycles. The van der Waals surface area contributed by atoms with Crippen molar-refractivity contribution < 1.29 is 0 Å². The summed E-state index contributed by atoms with van der Waals surface area (Å²) in [4.78, 5) is 22.8. The molecule has 5 rings (SSSR count). The van der Waals surface area contributed by atoms with Crippen LogP contribution in [0.1, 0.15) is 16.8 Å². The lowest BCUT2D eigenvalue weighted by molar-refractivity contribution is 0.242. The van der Waals surface area contributed by atoms with Crippen LogP contribution in [-0.4, -0.2) is 21.4 Å². The van der Waals surface area contributed by atoms with E-state index >= 15 is 0 Å². The molecule has 4 aromatic rings. The number of rotatable bonds is 3. The molecule has 0 spiro atoms. The highest BCUT2D eigenvalue weighted by Gasteiger charge is 2.22. The highest BCUT2D eigenvalue weighted by molar-refractivity contribution is 5.85. The van der Waals surface area contributed by atoms with Crippen LogP contribution in [0.5, 0.6) is 0 Å². The van der Waals surface area contributed by atoms with Gasteiger partial charge in [-0.25, -0.2) is 4.98 Å². The van der Waals surface area contributed by atoms with Crippen LogP contribution in [-0.2, 0) is 19.5 Å². The largest absolute Gasteiger partial charge is 0.399 e. The summed E-state index contributed by atoms with van der Waals surface area (Å²) >= 11 is 0. The van der Waals surface area contributed by atoms with Gasteiger partial charge in [-0.3, -0.25) is 9.69 Å². The second-order valence-electron chi connectivity index (χ2n) is 7.56. The Bertz CT molecular complexity index is 1240. The number of nitrogens with one attached hydrogen (secondary N) is 1. The maximum Gasteiger partial charge on any atom is 0.255 e. The molecule has 29 heavy (non-hydrogen) atoms. The van der Waals surface area contributed by atoms with Crippen molar-refractivity contribution in [3.63, 3.8) is 0 Å². The van der Waals surface area contributed by atoms with E-state index in [1.807, 2.05) is 24.3 Å². The number of anilines is 1. The van der Waals surface area contributed by atoms with E-state index in [2.05, 4.69) is 52.3 Å². The van der Waals surface area contributed by atoms with Gasteiger partial charge in [0.05, 0.1) is 11.3 Å². The molecular formula is C24H22N4O. The van der Waals surface area contributed by atoms with Gasteiger partial charge < -0.3 is 10.7 Å². The third kappa shape index (κ3) is 3.41. The zero-order chi connectivity index (χ0) is 19.8. The van der Waals surface area contributed by atoms with Crippen molar-refractivity contribution in [3.05, 3.63) is 93.9 Å². The Labute approximate surface area is 168 Å². The third-order valence-corrected chi connectivity index (χ3v) is 5.61. The van der Waals surface area contributed by atoms with Gasteiger partial charge in [0, 0.05) is 37.3 Å². The molecule has 3 aromatic carbocycles. The number of aromatic amines is 1. The number of fused-ring (bicyclic) bond motifs is 2. The predicted molar refractivity (Wildman–Crippen MR) is 116 cm³/mol. The first-order valence-electron chi connectivity index (χ1n) is 9.84. The van der Waals surface area contributed by atoms with Crippen molar-refractivity contribution in [2.45, 2.75) is 19.5 Å². The van der Waals surface area contributed by atoms with Crippen LogP contribution < -0.4 is 11.3 Å². The monoisotopic (exact) mass is 382 g/mol. The normalized spacial score (nSPS) is 14.1. The Balaban J connectivity index is 1.42. The SMILES string of the molecule is Nc1ccc(-c2nc3c(c(=O)[nH]2)CN(Cc2cccc4ccccc24)CC3)cc1. The smallest absolute Gasteiger partial charge is 0.255 e. The number of nitrogens with zero attached hydrogens (tertiary/aromatic N) is 2. The topological polar surface area (TPSA) is 75.0 Å². The van der Waals surface area contributed by atoms with Gasteiger partial charge >= 0.3 is 0 Å². The van der Waals surface area contributed by atoms with Gasteiger partial charge in [0.15, 0.2) is 0 Å². The molecule has 1 aromatic heterocycles. The van der Waals surface area contributed by atoms with Crippen LogP contribution in [0.2, 0.25) is 0 Å². The zero-order valence-electron chi connectivity index (χ0n) is 16.1. The fourth-order valence-electron chi connectivity index (χ4n) is 4.06. The van der Waals surface area contributed by atoms with Gasteiger partial charge in [0.25, 0.3) is 5.56 Å². The van der Waals surface area contributed by atoms with E-state index in [9.17, 15) is 4.79 Å². The highest BCUT2D eigenvalue weighted by atomic mass is 16.1. The number of hydrogen-bond donors (Lipinski definition) is 2. The third-order valence-electron chi connectivity index (χ3n) is 5.61. The fraction of sp³-hybridized carbons (Fsp3) is 0.167. The summed E-state index contributed by atoms with van der Waals surface area (Å²) in [7, 11) is 0. The molecule has 5 nitrogen and oxygen atoms in total. The highest BCUT2D eigenvalue weighted by Crippen LogP contribution is 2.24. The molecule has 0 amide bonds. The van der Waals surface area contributed by atoms with E-state index in [1.165, 1.54) is 16.3 Å². The molecule has 0 bridgehead atoms. The van der Waals surface area contributed by atoms with Gasteiger partial charge in [0.1, 0.15) is 5.82 Å². The Morgan fingerprint density at radius 2 is 1.79 bits per heavy atom. The summed E-state index contributed by atoms with van der Waals surface area (Å²) in [6.07, 6.45) is 0.770. The van der Waals surface area contributed by atoms with Gasteiger partial charge in [-0.2, -0.15) is 0 Å². The number of H-pyrrole nitrogens is 1. The Morgan fingerprint density at radius 1 is 1.00 bits per heavy atom. The molecule has 144 valence electrons. The lowest BCUT2D eigenvalue weighted by atomic mass is 10.0. The molecule has 0 aliphatic carbocycles. The van der Waals surface area contributed by atoms with Crippen molar-refractivity contribution in [2.24, 2.45) is 0 Å². The molecule has 0 fully saturated rings. The summed E-state index contributed by atoms with van der Waals surface area (Å²) in [5.41, 5.74) is 10.2. The average Bonchev–Trinajstić information content (AvgIpc) is 2.75. The lowest BCUT2D eigenvalue weighted by Crippen LogP contribution is -2.35. The minimum atomic E-state index is -0.0514. The van der Waals surface area contributed by atoms with E-state index < -0.39 is 0 Å². The minimum Gasteiger partial charge on any atom is -0.399 e. The van der Waals surface area contributed by atoms with Gasteiger partial charge in [-0.05, 0) is 40.6 Å². The molecule has 1 aliphatic rings. The van der Waals surface area contributed by atoms with E-state index in [-0.39, 0.29) is 5.56 Å². The molecule has 0 atom stereocenters. The maximum absolute atomic E-state index is 12.8. The zero-order valence-corrected chi connectivity index (χ0v) is 16.1. The summed E-state index contributed by atoms with van der Waals surface area (Å²) in [6.45, 7) is 2.32. The Morgan fingerprint density at radius 3 is 2.66 bits per heavy atom. The van der Waals surface area contributed by atoms with Crippen molar-refractivity contribution in [3.8, 4) is 11.4 Å². The Kier molecular flexibility index (Phi) is 4.37. The first kappa shape index (κ1) is 17.6. The first-order chi connectivity index (χ1) is 14.2. The van der Waals surface area contributed by atoms with Crippen LogP contribution >= 0.6 is 0 Å². The number of nitrogen functional groups attached to an aromatic ring is 1. The van der Waals surface area contributed by atoms with Crippen molar-refractivity contribution >= 4 is 16.5 Å². The van der Waals surface area contributed by atoms with Crippen molar-refractivity contribution in [1.82, 2.24) is 14.9 Å². The summed E-state index contributed by atoms with van der Waals surface area (Å²) in [5, 5.41) is 2.52. The van der Waals surface area contributed by atoms with E-state index in [4.69, 9.17) is 10.7 Å². The lowest BCUT2D eigenvalue weighted by Gasteiger charge is -2.28.